The summed E-state index contributed by atoms with van der Waals surface area (Å²) >= 11 is 0. The van der Waals surface area contributed by atoms with Gasteiger partial charge in [0.05, 0.1) is 44.6 Å². The number of nitrogens with zero attached hydrogens (tertiary/aromatic N) is 1. The molecule has 2 aromatic carbocycles. The van der Waals surface area contributed by atoms with Gasteiger partial charge in [0.1, 0.15) is 11.8 Å². The molecular formula is C21H20N2O7. The van der Waals surface area contributed by atoms with Crippen molar-refractivity contribution in [1.29, 1.82) is 0 Å². The first-order chi connectivity index (χ1) is 14.4. The van der Waals surface area contributed by atoms with E-state index in [1.165, 1.54) is 39.5 Å². The van der Waals surface area contributed by atoms with Crippen LogP contribution in [0.2, 0.25) is 0 Å². The van der Waals surface area contributed by atoms with Crippen LogP contribution in [0.1, 0.15) is 27.1 Å². The number of hydrogen-bond acceptors (Lipinski definition) is 8. The van der Waals surface area contributed by atoms with Crippen LogP contribution in [0.15, 0.2) is 42.5 Å². The number of imide groups is 1. The minimum Gasteiger partial charge on any atom is -0.497 e. The van der Waals surface area contributed by atoms with Crippen molar-refractivity contribution in [1.82, 2.24) is 0 Å². The first-order valence-corrected chi connectivity index (χ1v) is 8.97. The lowest BCUT2D eigenvalue weighted by Gasteiger charge is -2.17. The summed E-state index contributed by atoms with van der Waals surface area (Å²) in [7, 11) is 3.95. The van der Waals surface area contributed by atoms with Crippen molar-refractivity contribution < 1.29 is 33.4 Å². The SMILES string of the molecule is COC(=O)c1cc(N[C@@H]2CC(=O)N(c3ccc(OC)cc3)C2=O)cc(C(=O)OC)c1. The maximum Gasteiger partial charge on any atom is 0.337 e. The number of methoxy groups -OCH3 is 3. The highest BCUT2D eigenvalue weighted by Gasteiger charge is 2.39. The van der Waals surface area contributed by atoms with E-state index in [9.17, 15) is 19.2 Å². The molecule has 3 rings (SSSR count). The summed E-state index contributed by atoms with van der Waals surface area (Å²) in [5.74, 6) is -1.54. The van der Waals surface area contributed by atoms with Crippen LogP contribution in [0.4, 0.5) is 11.4 Å². The monoisotopic (exact) mass is 412 g/mol. The normalized spacial score (nSPS) is 15.7. The maximum atomic E-state index is 12.9. The van der Waals surface area contributed by atoms with Crippen LogP contribution in [0, 0.1) is 0 Å². The summed E-state index contributed by atoms with van der Waals surface area (Å²) in [6.07, 6.45) is -0.0825. The fourth-order valence-electron chi connectivity index (χ4n) is 3.13. The molecule has 2 amide bonds. The van der Waals surface area contributed by atoms with E-state index < -0.39 is 23.9 Å². The predicted octanol–water partition coefficient (Wildman–Crippen LogP) is 2.01. The fraction of sp³-hybridized carbons (Fsp3) is 0.238. The fourth-order valence-corrected chi connectivity index (χ4v) is 3.13. The Bertz CT molecular complexity index is 967. The van der Waals surface area contributed by atoms with Crippen LogP contribution in [-0.4, -0.2) is 51.1 Å². The van der Waals surface area contributed by atoms with Crippen LogP contribution < -0.4 is 15.0 Å². The third-order valence-electron chi connectivity index (χ3n) is 4.59. The van der Waals surface area contributed by atoms with Crippen molar-refractivity contribution in [2.45, 2.75) is 12.5 Å². The Balaban J connectivity index is 1.86. The molecule has 2 aromatic rings. The van der Waals surface area contributed by atoms with E-state index in [-0.39, 0.29) is 23.5 Å². The number of benzene rings is 2. The molecule has 1 N–H and O–H groups in total. The Kier molecular flexibility index (Phi) is 6.01. The molecule has 30 heavy (non-hydrogen) atoms. The number of ether oxygens (including phenoxy) is 3. The zero-order chi connectivity index (χ0) is 21.8. The summed E-state index contributed by atoms with van der Waals surface area (Å²) in [6.45, 7) is 0. The molecule has 0 aliphatic carbocycles. The van der Waals surface area contributed by atoms with Crippen LogP contribution in [-0.2, 0) is 19.1 Å². The van der Waals surface area contributed by atoms with E-state index >= 15 is 0 Å². The van der Waals surface area contributed by atoms with Gasteiger partial charge >= 0.3 is 11.9 Å². The van der Waals surface area contributed by atoms with E-state index in [1.54, 1.807) is 24.3 Å². The molecule has 0 radical (unpaired) electrons. The van der Waals surface area contributed by atoms with Gasteiger partial charge in [-0.15, -0.1) is 0 Å². The Morgan fingerprint density at radius 1 is 0.933 bits per heavy atom. The topological polar surface area (TPSA) is 111 Å². The zero-order valence-electron chi connectivity index (χ0n) is 16.6. The molecule has 1 heterocycles. The summed E-state index contributed by atoms with van der Waals surface area (Å²) in [5.41, 5.74) is 0.938. The van der Waals surface area contributed by atoms with Gasteiger partial charge in [-0.3, -0.25) is 9.59 Å². The minimum atomic E-state index is -0.863. The summed E-state index contributed by atoms with van der Waals surface area (Å²) in [6, 6.07) is 9.87. The smallest absolute Gasteiger partial charge is 0.337 e. The van der Waals surface area contributed by atoms with Crippen LogP contribution in [0.3, 0.4) is 0 Å². The van der Waals surface area contributed by atoms with Gasteiger partial charge in [0.25, 0.3) is 5.91 Å². The van der Waals surface area contributed by atoms with Gasteiger partial charge in [0.15, 0.2) is 0 Å². The van der Waals surface area contributed by atoms with Gasteiger partial charge in [0, 0.05) is 5.69 Å². The third kappa shape index (κ3) is 4.09. The number of amides is 2. The van der Waals surface area contributed by atoms with E-state index in [0.29, 0.717) is 17.1 Å². The standard InChI is InChI=1S/C21H20N2O7/c1-28-16-6-4-15(5-7-16)23-18(24)11-17(19(23)25)22-14-9-12(20(26)29-2)8-13(10-14)21(27)30-3/h4-10,17,22H,11H2,1-3H3/t17-/m1/s1. The Labute approximate surface area is 172 Å². The summed E-state index contributed by atoms with van der Waals surface area (Å²) < 4.78 is 14.5. The third-order valence-corrected chi connectivity index (χ3v) is 4.59. The summed E-state index contributed by atoms with van der Waals surface area (Å²) in [5, 5.41) is 2.93. The van der Waals surface area contributed by atoms with E-state index in [2.05, 4.69) is 5.32 Å². The van der Waals surface area contributed by atoms with Crippen molar-refractivity contribution in [3.63, 3.8) is 0 Å². The average molecular weight is 412 g/mol. The minimum absolute atomic E-state index is 0.0825. The van der Waals surface area contributed by atoms with Gasteiger partial charge in [-0.1, -0.05) is 0 Å². The molecule has 9 heteroatoms. The van der Waals surface area contributed by atoms with Crippen molar-refractivity contribution >= 4 is 35.1 Å². The van der Waals surface area contributed by atoms with E-state index in [1.807, 2.05) is 0 Å². The molecule has 1 saturated heterocycles. The molecule has 9 nitrogen and oxygen atoms in total. The number of carbonyl (C=O) groups excluding carboxylic acids is 4. The summed E-state index contributed by atoms with van der Waals surface area (Å²) in [4.78, 5) is 50.3. The van der Waals surface area contributed by atoms with Crippen LogP contribution in [0.25, 0.3) is 0 Å². The highest BCUT2D eigenvalue weighted by Crippen LogP contribution is 2.27. The highest BCUT2D eigenvalue weighted by atomic mass is 16.5. The molecule has 1 aliphatic heterocycles. The number of carbonyl (C=O) groups is 4. The van der Waals surface area contributed by atoms with Crippen molar-refractivity contribution in [3.05, 3.63) is 53.6 Å². The molecular weight excluding hydrogens is 392 g/mol. The van der Waals surface area contributed by atoms with Crippen molar-refractivity contribution in [2.75, 3.05) is 31.5 Å². The second-order valence-electron chi connectivity index (χ2n) is 6.45. The van der Waals surface area contributed by atoms with Gasteiger partial charge in [0.2, 0.25) is 5.91 Å². The van der Waals surface area contributed by atoms with E-state index in [0.717, 1.165) is 4.90 Å². The second-order valence-corrected chi connectivity index (χ2v) is 6.45. The van der Waals surface area contributed by atoms with Crippen molar-refractivity contribution in [3.8, 4) is 5.75 Å². The van der Waals surface area contributed by atoms with Gasteiger partial charge in [-0.05, 0) is 42.5 Å². The molecule has 0 bridgehead atoms. The highest BCUT2D eigenvalue weighted by molar-refractivity contribution is 6.23. The number of nitrogens with one attached hydrogen (secondary N) is 1. The number of anilines is 2. The number of rotatable bonds is 6. The van der Waals surface area contributed by atoms with Gasteiger partial charge < -0.3 is 19.5 Å². The molecule has 1 atom stereocenters. The maximum absolute atomic E-state index is 12.9. The number of esters is 2. The first kappa shape index (κ1) is 20.8. The quantitative estimate of drug-likeness (QED) is 0.567. The first-order valence-electron chi connectivity index (χ1n) is 8.97. The van der Waals surface area contributed by atoms with Crippen LogP contribution >= 0.6 is 0 Å². The Morgan fingerprint density at radius 2 is 1.50 bits per heavy atom. The molecule has 0 unspecified atom stereocenters. The number of hydrogen-bond donors (Lipinski definition) is 1. The van der Waals surface area contributed by atoms with Gasteiger partial charge in [-0.25, -0.2) is 14.5 Å². The van der Waals surface area contributed by atoms with E-state index in [4.69, 9.17) is 14.2 Å². The Morgan fingerprint density at radius 3 is 2.00 bits per heavy atom. The molecule has 1 fully saturated rings. The lowest BCUT2D eigenvalue weighted by molar-refractivity contribution is -0.121. The largest absolute Gasteiger partial charge is 0.497 e. The molecule has 0 saturated carbocycles. The Hall–Kier alpha value is -3.88. The van der Waals surface area contributed by atoms with Gasteiger partial charge in [-0.2, -0.15) is 0 Å². The van der Waals surface area contributed by atoms with Crippen molar-refractivity contribution in [2.24, 2.45) is 0 Å². The lowest BCUT2D eigenvalue weighted by atomic mass is 10.1. The average Bonchev–Trinajstić information content (AvgIpc) is 3.05. The lowest BCUT2D eigenvalue weighted by Crippen LogP contribution is -2.34. The molecule has 0 spiro atoms. The molecule has 156 valence electrons. The second kappa shape index (κ2) is 8.64. The van der Waals surface area contributed by atoms with Crippen LogP contribution in [0.5, 0.6) is 5.75 Å². The predicted molar refractivity (Wildman–Crippen MR) is 107 cm³/mol. The zero-order valence-corrected chi connectivity index (χ0v) is 16.6. The molecule has 1 aliphatic rings. The molecule has 0 aromatic heterocycles.